The molecule has 206 valence electrons. The van der Waals surface area contributed by atoms with Gasteiger partial charge in [0.2, 0.25) is 16.7 Å². The minimum Gasteiger partial charge on any atom is -0.352 e. The quantitative estimate of drug-likeness (QED) is 0.0812. The Labute approximate surface area is 276 Å². The van der Waals surface area contributed by atoms with Crippen molar-refractivity contribution in [2.24, 2.45) is 0 Å². The second kappa shape index (κ2) is 10.9. The molecule has 0 saturated carbocycles. The van der Waals surface area contributed by atoms with Crippen LogP contribution in [0, 0.1) is 7.14 Å². The molecule has 0 radical (unpaired) electrons. The van der Waals surface area contributed by atoms with Crippen LogP contribution >= 0.6 is 45.2 Å². The van der Waals surface area contributed by atoms with Crippen LogP contribution in [0.15, 0.2) is 133 Å². The third kappa shape index (κ3) is 4.91. The number of hydrogen-bond acceptors (Lipinski definition) is 3. The summed E-state index contributed by atoms with van der Waals surface area (Å²) in [4.78, 5) is 7.38. The number of nitrogens with one attached hydrogen (secondary N) is 1. The lowest BCUT2D eigenvalue weighted by Crippen LogP contribution is -2.71. The van der Waals surface area contributed by atoms with Crippen molar-refractivity contribution in [3.63, 3.8) is 0 Å². The number of rotatable bonds is 4. The second-order valence-corrected chi connectivity index (χ2v) is 13.0. The molecule has 1 aliphatic heterocycles. The van der Waals surface area contributed by atoms with Gasteiger partial charge in [0.05, 0.1) is 28.8 Å². The molecule has 7 heteroatoms. The molecule has 6 aromatic carbocycles. The largest absolute Gasteiger partial charge is 0.352 e. The lowest BCUT2D eigenvalue weighted by Gasteiger charge is -2.34. The summed E-state index contributed by atoms with van der Waals surface area (Å²) < 4.78 is 4.70. The number of benzene rings is 6. The lowest BCUT2D eigenvalue weighted by molar-refractivity contribution is -0.538. The van der Waals surface area contributed by atoms with Gasteiger partial charge >= 0.3 is 0 Å². The highest BCUT2D eigenvalue weighted by Crippen LogP contribution is 2.48. The van der Waals surface area contributed by atoms with Crippen molar-refractivity contribution in [2.45, 2.75) is 0 Å². The number of halogens is 2. The zero-order chi connectivity index (χ0) is 28.9. The van der Waals surface area contributed by atoms with Crippen molar-refractivity contribution in [3.8, 4) is 5.69 Å². The van der Waals surface area contributed by atoms with Gasteiger partial charge in [-0.2, -0.15) is 0 Å². The summed E-state index contributed by atoms with van der Waals surface area (Å²) in [5.41, 5.74) is 13.1. The minimum atomic E-state index is 0.964. The topological polar surface area (TPSA) is 48.7 Å². The van der Waals surface area contributed by atoms with Gasteiger partial charge in [-0.15, -0.1) is 4.57 Å². The Morgan fingerprint density at radius 1 is 0.581 bits per heavy atom. The van der Waals surface area contributed by atoms with Gasteiger partial charge in [0.25, 0.3) is 0 Å². The van der Waals surface area contributed by atoms with Gasteiger partial charge in [-0.05, 0) is 99.8 Å². The van der Waals surface area contributed by atoms with E-state index in [1.807, 2.05) is 0 Å². The Hall–Kier alpha value is -4.06. The number of para-hydroxylation sites is 2. The fourth-order valence-corrected chi connectivity index (χ4v) is 6.79. The van der Waals surface area contributed by atoms with Crippen molar-refractivity contribution in [1.29, 1.82) is 0 Å². The molecule has 3 N–H and O–H groups in total. The number of nitrogens with two attached hydrogens (primary N) is 1. The van der Waals surface area contributed by atoms with E-state index in [9.17, 15) is 0 Å². The van der Waals surface area contributed by atoms with E-state index < -0.39 is 0 Å². The summed E-state index contributed by atoms with van der Waals surface area (Å²) in [6, 6.07) is 47.3. The summed E-state index contributed by atoms with van der Waals surface area (Å²) in [7, 11) is 0. The third-order valence-electron chi connectivity index (χ3n) is 7.75. The van der Waals surface area contributed by atoms with Crippen LogP contribution in [0.25, 0.3) is 27.8 Å². The minimum absolute atomic E-state index is 0.964. The van der Waals surface area contributed by atoms with E-state index >= 15 is 0 Å². The highest BCUT2D eigenvalue weighted by molar-refractivity contribution is 14.1. The van der Waals surface area contributed by atoms with Crippen LogP contribution in [0.5, 0.6) is 0 Å². The third-order valence-corrected chi connectivity index (χ3v) is 9.10. The maximum absolute atomic E-state index is 5.03. The number of quaternary nitrogens is 1. The Kier molecular flexibility index (Phi) is 6.73. The van der Waals surface area contributed by atoms with E-state index in [-0.39, 0.29) is 0 Å². The first-order chi connectivity index (χ1) is 21.1. The number of hydrogen-bond donors (Lipinski definition) is 2. The molecule has 0 atom stereocenters. The van der Waals surface area contributed by atoms with Crippen LogP contribution in [0.3, 0.4) is 0 Å². The smallest absolute Gasteiger partial charge is 0.243 e. The maximum atomic E-state index is 5.03. The maximum Gasteiger partial charge on any atom is 0.243 e. The predicted molar refractivity (Wildman–Crippen MR) is 192 cm³/mol. The first kappa shape index (κ1) is 26.6. The fourth-order valence-electron chi connectivity index (χ4n) is 5.84. The molecule has 1 aromatic heterocycles. The van der Waals surface area contributed by atoms with E-state index in [1.54, 1.807) is 0 Å². The van der Waals surface area contributed by atoms with Crippen molar-refractivity contribution in [2.75, 3.05) is 10.2 Å². The van der Waals surface area contributed by atoms with Crippen LogP contribution in [0.2, 0.25) is 0 Å². The standard InChI is InChI=1S/C36H23I2N5/c37-23-11-15-29-33(19-23)42(27-7-3-1-4-8-27)35-21-25(13-17-31(35)40-29)39-26-14-18-32-36(22-26)43(28-9-5-2-6-10-28)34-20-24(38)12-16-30(34)41-32/h1-22H,(H,40,41)/p+2. The monoisotopic (exact) mass is 781 g/mol. The molecule has 2 heterocycles. The molecule has 43 heavy (non-hydrogen) atoms. The van der Waals surface area contributed by atoms with Gasteiger partial charge in [0, 0.05) is 49.2 Å². The molecule has 0 amide bonds. The molecule has 0 spiro atoms. The molecule has 0 saturated heterocycles. The highest BCUT2D eigenvalue weighted by Gasteiger charge is 2.26. The predicted octanol–water partition coefficient (Wildman–Crippen LogP) is 8.93. The molecule has 8 rings (SSSR count). The molecule has 0 unspecified atom stereocenters. The summed E-state index contributed by atoms with van der Waals surface area (Å²) in [5.74, 6) is 0. The summed E-state index contributed by atoms with van der Waals surface area (Å²) >= 11 is 4.77. The van der Waals surface area contributed by atoms with Crippen LogP contribution in [0.4, 0.5) is 39.8 Å². The molecule has 0 aliphatic carbocycles. The molecule has 1 aliphatic rings. The Bertz CT molecular complexity index is 2170. The molecule has 5 nitrogen and oxygen atoms in total. The number of nitrogens with zero attached hydrogens (tertiary/aromatic N) is 3. The van der Waals surface area contributed by atoms with Crippen LogP contribution in [-0.4, -0.2) is 4.98 Å². The van der Waals surface area contributed by atoms with E-state index in [1.165, 1.54) is 7.14 Å². The zero-order valence-corrected chi connectivity index (χ0v) is 27.2. The van der Waals surface area contributed by atoms with Gasteiger partial charge in [-0.3, -0.25) is 5.32 Å². The molecular weight excluding hydrogens is 756 g/mol. The SMILES string of the molecule is Ic1ccc2c(c1)N(c1ccccc1)c1cc([NH2+]c3ccc4nc5ccc(I)cc5[n+](-c5ccccc5)c4c3)ccc1N2. The van der Waals surface area contributed by atoms with Gasteiger partial charge in [0.1, 0.15) is 22.4 Å². The number of anilines is 5. The van der Waals surface area contributed by atoms with Crippen molar-refractivity contribution < 1.29 is 9.88 Å². The Balaban J connectivity index is 1.25. The highest BCUT2D eigenvalue weighted by atomic mass is 127. The van der Waals surface area contributed by atoms with E-state index in [0.717, 1.165) is 67.6 Å². The first-order valence-electron chi connectivity index (χ1n) is 14.0. The normalized spacial score (nSPS) is 12.2. The van der Waals surface area contributed by atoms with Gasteiger partial charge in [0.15, 0.2) is 0 Å². The van der Waals surface area contributed by atoms with Crippen molar-refractivity contribution >= 4 is 107 Å². The van der Waals surface area contributed by atoms with E-state index in [4.69, 9.17) is 4.98 Å². The average Bonchev–Trinajstić information content (AvgIpc) is 3.03. The Morgan fingerprint density at radius 2 is 1.16 bits per heavy atom. The average molecular weight is 781 g/mol. The first-order valence-corrected chi connectivity index (χ1v) is 16.2. The molecular formula is C36H25I2N5+2. The van der Waals surface area contributed by atoms with Crippen molar-refractivity contribution in [3.05, 3.63) is 141 Å². The second-order valence-electron chi connectivity index (χ2n) is 10.5. The van der Waals surface area contributed by atoms with Crippen LogP contribution < -0.4 is 20.1 Å². The fraction of sp³-hybridized carbons (Fsp3) is 0. The summed E-state index contributed by atoms with van der Waals surface area (Å²) in [6.45, 7) is 0. The van der Waals surface area contributed by atoms with Crippen LogP contribution in [-0.2, 0) is 0 Å². The summed E-state index contributed by atoms with van der Waals surface area (Å²) in [5, 5.41) is 5.91. The van der Waals surface area contributed by atoms with E-state index in [2.05, 4.69) is 199 Å². The molecule has 7 aromatic rings. The van der Waals surface area contributed by atoms with E-state index in [0.29, 0.717) is 0 Å². The summed E-state index contributed by atoms with van der Waals surface area (Å²) in [6.07, 6.45) is 0. The zero-order valence-electron chi connectivity index (χ0n) is 22.9. The van der Waals surface area contributed by atoms with Crippen molar-refractivity contribution in [1.82, 2.24) is 4.98 Å². The number of fused-ring (bicyclic) bond motifs is 4. The van der Waals surface area contributed by atoms with Gasteiger partial charge in [-0.1, -0.05) is 36.4 Å². The molecule has 0 bridgehead atoms. The lowest BCUT2D eigenvalue weighted by atomic mass is 10.1. The van der Waals surface area contributed by atoms with Crippen LogP contribution in [0.1, 0.15) is 0 Å². The Morgan fingerprint density at radius 3 is 1.95 bits per heavy atom. The van der Waals surface area contributed by atoms with Gasteiger partial charge < -0.3 is 10.2 Å². The number of aromatic nitrogens is 2. The van der Waals surface area contributed by atoms with Gasteiger partial charge in [-0.25, -0.2) is 4.98 Å². The molecule has 0 fully saturated rings.